The Morgan fingerprint density at radius 3 is 2.48 bits per heavy atom. The SMILES string of the molecule is CCOC(=O)C1CCN(C(=O)CN(C)C(=O)CCc2ccc(-c3ccccc3)o2)CC1. The highest BCUT2D eigenvalue weighted by Gasteiger charge is 2.28. The molecule has 3 rings (SSSR count). The van der Waals surface area contributed by atoms with Gasteiger partial charge >= 0.3 is 5.97 Å². The number of furan rings is 1. The average molecular weight is 427 g/mol. The number of amides is 2. The Morgan fingerprint density at radius 2 is 1.81 bits per heavy atom. The summed E-state index contributed by atoms with van der Waals surface area (Å²) in [6.07, 6.45) is 1.96. The number of aryl methyl sites for hydroxylation is 1. The lowest BCUT2D eigenvalue weighted by Gasteiger charge is -2.32. The van der Waals surface area contributed by atoms with Gasteiger partial charge in [-0.2, -0.15) is 0 Å². The minimum absolute atomic E-state index is 0.0380. The Labute approximate surface area is 183 Å². The van der Waals surface area contributed by atoms with Gasteiger partial charge in [-0.15, -0.1) is 0 Å². The number of benzene rings is 1. The van der Waals surface area contributed by atoms with Crippen LogP contribution in [-0.2, 0) is 25.5 Å². The van der Waals surface area contributed by atoms with Gasteiger partial charge in [0.1, 0.15) is 11.5 Å². The summed E-state index contributed by atoms with van der Waals surface area (Å²) >= 11 is 0. The molecule has 2 heterocycles. The number of nitrogens with zero attached hydrogens (tertiary/aromatic N) is 2. The molecule has 1 aromatic carbocycles. The van der Waals surface area contributed by atoms with Crippen molar-refractivity contribution in [3.63, 3.8) is 0 Å². The first kappa shape index (κ1) is 22.6. The Morgan fingerprint density at radius 1 is 1.10 bits per heavy atom. The zero-order valence-electron chi connectivity index (χ0n) is 18.2. The van der Waals surface area contributed by atoms with Gasteiger partial charge in [0.05, 0.1) is 19.1 Å². The van der Waals surface area contributed by atoms with Crippen molar-refractivity contribution in [1.29, 1.82) is 0 Å². The van der Waals surface area contributed by atoms with Crippen molar-refractivity contribution in [1.82, 2.24) is 9.80 Å². The fraction of sp³-hybridized carbons (Fsp3) is 0.458. The van der Waals surface area contributed by atoms with Crippen LogP contribution >= 0.6 is 0 Å². The maximum Gasteiger partial charge on any atom is 0.309 e. The first-order valence-electron chi connectivity index (χ1n) is 10.8. The number of rotatable bonds is 8. The number of esters is 1. The summed E-state index contributed by atoms with van der Waals surface area (Å²) in [6, 6.07) is 13.6. The number of ether oxygens (including phenoxy) is 1. The maximum absolute atomic E-state index is 12.5. The third-order valence-corrected chi connectivity index (χ3v) is 5.57. The van der Waals surface area contributed by atoms with Crippen LogP contribution in [0, 0.1) is 5.92 Å². The van der Waals surface area contributed by atoms with Gasteiger partial charge in [-0.1, -0.05) is 30.3 Å². The van der Waals surface area contributed by atoms with E-state index >= 15 is 0 Å². The van der Waals surface area contributed by atoms with Crippen LogP contribution in [0.2, 0.25) is 0 Å². The molecule has 0 saturated carbocycles. The van der Waals surface area contributed by atoms with Gasteiger partial charge in [0.15, 0.2) is 0 Å². The first-order valence-corrected chi connectivity index (χ1v) is 10.8. The molecule has 1 aliphatic rings. The van der Waals surface area contributed by atoms with Gasteiger partial charge in [0, 0.05) is 38.5 Å². The van der Waals surface area contributed by atoms with Crippen LogP contribution in [0.15, 0.2) is 46.9 Å². The molecule has 1 aliphatic heterocycles. The molecule has 0 bridgehead atoms. The predicted octanol–water partition coefficient (Wildman–Crippen LogP) is 3.14. The first-order chi connectivity index (χ1) is 15.0. The molecule has 0 unspecified atom stereocenters. The highest BCUT2D eigenvalue weighted by atomic mass is 16.5. The second-order valence-corrected chi connectivity index (χ2v) is 7.79. The summed E-state index contributed by atoms with van der Waals surface area (Å²) < 4.78 is 10.9. The van der Waals surface area contributed by atoms with Crippen LogP contribution in [-0.4, -0.2) is 60.9 Å². The zero-order valence-corrected chi connectivity index (χ0v) is 18.2. The monoisotopic (exact) mass is 426 g/mol. The summed E-state index contributed by atoms with van der Waals surface area (Å²) in [5.41, 5.74) is 0.995. The standard InChI is InChI=1S/C24H30N2O5/c1-3-30-24(29)19-13-15-26(16-14-19)23(28)17-25(2)22(27)12-10-20-9-11-21(31-20)18-7-5-4-6-8-18/h4-9,11,19H,3,10,12-17H2,1-2H3. The topological polar surface area (TPSA) is 80.1 Å². The van der Waals surface area contributed by atoms with E-state index in [9.17, 15) is 14.4 Å². The Balaban J connectivity index is 1.42. The van der Waals surface area contributed by atoms with Crippen molar-refractivity contribution < 1.29 is 23.5 Å². The summed E-state index contributed by atoms with van der Waals surface area (Å²) in [7, 11) is 1.64. The summed E-state index contributed by atoms with van der Waals surface area (Å²) in [4.78, 5) is 40.0. The molecule has 1 fully saturated rings. The van der Waals surface area contributed by atoms with E-state index in [0.29, 0.717) is 39.0 Å². The second kappa shape index (κ2) is 10.8. The molecule has 2 aromatic rings. The smallest absolute Gasteiger partial charge is 0.309 e. The minimum atomic E-state index is -0.185. The number of piperidine rings is 1. The number of carbonyl (C=O) groups is 3. The molecule has 1 aromatic heterocycles. The number of hydrogen-bond donors (Lipinski definition) is 0. The molecule has 166 valence electrons. The quantitative estimate of drug-likeness (QED) is 0.606. The minimum Gasteiger partial charge on any atom is -0.466 e. The zero-order chi connectivity index (χ0) is 22.2. The van der Waals surface area contributed by atoms with E-state index in [1.165, 1.54) is 4.90 Å². The highest BCUT2D eigenvalue weighted by Crippen LogP contribution is 2.22. The van der Waals surface area contributed by atoms with Crippen LogP contribution in [0.4, 0.5) is 0 Å². The average Bonchev–Trinajstić information content (AvgIpc) is 3.27. The molecule has 0 aliphatic carbocycles. The summed E-state index contributed by atoms with van der Waals surface area (Å²) in [5.74, 6) is 0.994. The Hall–Kier alpha value is -3.09. The van der Waals surface area contributed by atoms with Gasteiger partial charge in [-0.3, -0.25) is 14.4 Å². The molecule has 7 nitrogen and oxygen atoms in total. The summed E-state index contributed by atoms with van der Waals surface area (Å²) in [6.45, 7) is 3.22. The number of likely N-dealkylation sites (tertiary alicyclic amines) is 1. The van der Waals surface area contributed by atoms with Crippen molar-refractivity contribution in [2.24, 2.45) is 5.92 Å². The van der Waals surface area contributed by atoms with E-state index in [-0.39, 0.29) is 36.7 Å². The molecule has 0 spiro atoms. The Kier molecular flexibility index (Phi) is 7.87. The number of hydrogen-bond acceptors (Lipinski definition) is 5. The molecule has 1 saturated heterocycles. The van der Waals surface area contributed by atoms with Gasteiger partial charge in [0.2, 0.25) is 11.8 Å². The van der Waals surface area contributed by atoms with E-state index in [4.69, 9.17) is 9.15 Å². The highest BCUT2D eigenvalue weighted by molar-refractivity contribution is 5.85. The van der Waals surface area contributed by atoms with Gasteiger partial charge in [0.25, 0.3) is 0 Å². The normalized spacial score (nSPS) is 14.3. The fourth-order valence-corrected chi connectivity index (χ4v) is 3.71. The van der Waals surface area contributed by atoms with Gasteiger partial charge < -0.3 is 19.0 Å². The molecule has 7 heteroatoms. The van der Waals surface area contributed by atoms with E-state index in [2.05, 4.69) is 0 Å². The largest absolute Gasteiger partial charge is 0.466 e. The maximum atomic E-state index is 12.5. The van der Waals surface area contributed by atoms with Crippen LogP contribution in [0.1, 0.15) is 31.9 Å². The van der Waals surface area contributed by atoms with Gasteiger partial charge in [-0.05, 0) is 31.9 Å². The third-order valence-electron chi connectivity index (χ3n) is 5.57. The lowest BCUT2D eigenvalue weighted by atomic mass is 9.97. The molecule has 2 amide bonds. The van der Waals surface area contributed by atoms with Crippen molar-refractivity contribution in [2.45, 2.75) is 32.6 Å². The molecular formula is C24H30N2O5. The predicted molar refractivity (Wildman–Crippen MR) is 116 cm³/mol. The van der Waals surface area contributed by atoms with Crippen LogP contribution < -0.4 is 0 Å². The van der Waals surface area contributed by atoms with Crippen LogP contribution in [0.3, 0.4) is 0 Å². The third kappa shape index (κ3) is 6.20. The molecule has 0 N–H and O–H groups in total. The van der Waals surface area contributed by atoms with E-state index in [1.807, 2.05) is 42.5 Å². The number of carbonyl (C=O) groups excluding carboxylic acids is 3. The van der Waals surface area contributed by atoms with Crippen molar-refractivity contribution in [3.05, 3.63) is 48.2 Å². The molecule has 0 radical (unpaired) electrons. The van der Waals surface area contributed by atoms with E-state index < -0.39 is 0 Å². The fourth-order valence-electron chi connectivity index (χ4n) is 3.71. The van der Waals surface area contributed by atoms with Crippen LogP contribution in [0.25, 0.3) is 11.3 Å². The van der Waals surface area contributed by atoms with Gasteiger partial charge in [-0.25, -0.2) is 0 Å². The lowest BCUT2D eigenvalue weighted by Crippen LogP contribution is -2.45. The number of likely N-dealkylation sites (N-methyl/N-ethyl adjacent to an activating group) is 1. The second-order valence-electron chi connectivity index (χ2n) is 7.79. The lowest BCUT2D eigenvalue weighted by molar-refractivity contribution is -0.151. The Bertz CT molecular complexity index is 884. The molecule has 31 heavy (non-hydrogen) atoms. The van der Waals surface area contributed by atoms with E-state index in [0.717, 1.165) is 17.1 Å². The van der Waals surface area contributed by atoms with E-state index in [1.54, 1.807) is 18.9 Å². The van der Waals surface area contributed by atoms with Crippen LogP contribution in [0.5, 0.6) is 0 Å². The molecule has 0 atom stereocenters. The van der Waals surface area contributed by atoms with Crippen molar-refractivity contribution in [2.75, 3.05) is 33.3 Å². The molecular weight excluding hydrogens is 396 g/mol. The van der Waals surface area contributed by atoms with Crippen molar-refractivity contribution >= 4 is 17.8 Å². The van der Waals surface area contributed by atoms with Crippen molar-refractivity contribution in [3.8, 4) is 11.3 Å². The summed E-state index contributed by atoms with van der Waals surface area (Å²) in [5, 5.41) is 0.